The lowest BCUT2D eigenvalue weighted by molar-refractivity contribution is -0.142. The third-order valence-electron chi connectivity index (χ3n) is 6.55. The molecular weight excluding hydrogens is 401 g/mol. The van der Waals surface area contributed by atoms with Gasteiger partial charge in [-0.3, -0.25) is 14.4 Å². The molecule has 4 rings (SSSR count). The lowest BCUT2D eigenvalue weighted by atomic mass is 9.86. The quantitative estimate of drug-likeness (QED) is 0.586. The van der Waals surface area contributed by atoms with Crippen molar-refractivity contribution < 1.29 is 23.9 Å². The van der Waals surface area contributed by atoms with Crippen LogP contribution in [0.15, 0.2) is 18.2 Å². The van der Waals surface area contributed by atoms with Crippen LogP contribution in [0.3, 0.4) is 0 Å². The molecule has 2 aromatic rings. The van der Waals surface area contributed by atoms with Gasteiger partial charge in [-0.1, -0.05) is 0 Å². The number of hydrogen-bond donors (Lipinski definition) is 4. The van der Waals surface area contributed by atoms with Gasteiger partial charge in [-0.2, -0.15) is 0 Å². The highest BCUT2D eigenvalue weighted by Crippen LogP contribution is 2.36. The second kappa shape index (κ2) is 8.17. The Labute approximate surface area is 179 Å². The van der Waals surface area contributed by atoms with Crippen molar-refractivity contribution in [2.45, 2.75) is 57.9 Å². The van der Waals surface area contributed by atoms with Crippen LogP contribution in [0.25, 0.3) is 0 Å². The first kappa shape index (κ1) is 21.1. The highest BCUT2D eigenvalue weighted by Gasteiger charge is 2.33. The van der Waals surface area contributed by atoms with E-state index in [-0.39, 0.29) is 23.8 Å². The molecule has 1 fully saturated rings. The molecule has 1 unspecified atom stereocenters. The lowest BCUT2D eigenvalue weighted by Crippen LogP contribution is -2.39. The molecule has 1 atom stereocenters. The number of carboxylic acids is 1. The molecule has 2 aliphatic rings. The first-order valence-corrected chi connectivity index (χ1v) is 10.6. The Morgan fingerprint density at radius 1 is 1.19 bits per heavy atom. The summed E-state index contributed by atoms with van der Waals surface area (Å²) >= 11 is 0. The molecule has 31 heavy (non-hydrogen) atoms. The van der Waals surface area contributed by atoms with Crippen molar-refractivity contribution in [3.8, 4) is 0 Å². The second-order valence-electron chi connectivity index (χ2n) is 8.57. The van der Waals surface area contributed by atoms with Crippen molar-refractivity contribution in [3.63, 3.8) is 0 Å². The molecule has 1 aromatic heterocycles. The molecular formula is C23H26FN3O4. The molecule has 1 saturated carbocycles. The van der Waals surface area contributed by atoms with Crippen LogP contribution in [0, 0.1) is 25.6 Å². The van der Waals surface area contributed by atoms with E-state index >= 15 is 0 Å². The van der Waals surface area contributed by atoms with E-state index in [0.717, 1.165) is 11.3 Å². The van der Waals surface area contributed by atoms with E-state index in [9.17, 15) is 18.8 Å². The molecule has 0 radical (unpaired) electrons. The summed E-state index contributed by atoms with van der Waals surface area (Å²) in [5.41, 5.74) is 4.04. The fourth-order valence-electron chi connectivity index (χ4n) is 4.81. The number of aromatic nitrogens is 1. The van der Waals surface area contributed by atoms with Crippen LogP contribution in [-0.2, 0) is 16.0 Å². The number of carbonyl (C=O) groups excluding carboxylic acids is 2. The second-order valence-corrected chi connectivity index (χ2v) is 8.57. The van der Waals surface area contributed by atoms with Crippen LogP contribution in [0.2, 0.25) is 0 Å². The highest BCUT2D eigenvalue weighted by molar-refractivity contribution is 6.03. The van der Waals surface area contributed by atoms with Gasteiger partial charge in [0.05, 0.1) is 17.4 Å². The first-order valence-electron chi connectivity index (χ1n) is 10.6. The van der Waals surface area contributed by atoms with Crippen molar-refractivity contribution in [1.29, 1.82) is 0 Å². The monoisotopic (exact) mass is 427 g/mol. The number of aryl methyl sites for hydroxylation is 1. The molecule has 2 heterocycles. The van der Waals surface area contributed by atoms with Gasteiger partial charge in [-0.15, -0.1) is 0 Å². The summed E-state index contributed by atoms with van der Waals surface area (Å²) in [6, 6.07) is 4.21. The van der Waals surface area contributed by atoms with Crippen LogP contribution in [-0.4, -0.2) is 33.9 Å². The minimum absolute atomic E-state index is 0.0456. The van der Waals surface area contributed by atoms with E-state index in [1.54, 1.807) is 6.07 Å². The number of anilines is 1. The Hall–Kier alpha value is -3.16. The Kier molecular flexibility index (Phi) is 5.56. The number of H-pyrrole nitrogens is 1. The van der Waals surface area contributed by atoms with Gasteiger partial charge in [0.1, 0.15) is 5.82 Å². The number of carboxylic acid groups (broad SMARTS) is 1. The van der Waals surface area contributed by atoms with Gasteiger partial charge in [0.15, 0.2) is 0 Å². The zero-order valence-corrected chi connectivity index (χ0v) is 17.5. The van der Waals surface area contributed by atoms with Crippen molar-refractivity contribution in [2.75, 3.05) is 5.32 Å². The van der Waals surface area contributed by atoms with Gasteiger partial charge in [0.25, 0.3) is 5.91 Å². The maximum absolute atomic E-state index is 13.7. The highest BCUT2D eigenvalue weighted by atomic mass is 19.1. The average Bonchev–Trinajstić information content (AvgIpc) is 3.17. The summed E-state index contributed by atoms with van der Waals surface area (Å²) in [5.74, 6) is -2.40. The van der Waals surface area contributed by atoms with Crippen molar-refractivity contribution in [1.82, 2.24) is 10.3 Å². The molecule has 164 valence electrons. The van der Waals surface area contributed by atoms with Crippen molar-refractivity contribution in [2.24, 2.45) is 5.92 Å². The van der Waals surface area contributed by atoms with Gasteiger partial charge < -0.3 is 20.7 Å². The van der Waals surface area contributed by atoms with E-state index in [2.05, 4.69) is 15.6 Å². The normalized spacial score (nSPS) is 22.7. The van der Waals surface area contributed by atoms with Gasteiger partial charge >= 0.3 is 5.97 Å². The maximum atomic E-state index is 13.7. The summed E-state index contributed by atoms with van der Waals surface area (Å²) in [4.78, 5) is 39.8. The number of nitrogens with one attached hydrogen (secondary N) is 3. The number of amides is 2. The summed E-state index contributed by atoms with van der Waals surface area (Å²) in [5, 5.41) is 14.9. The zero-order valence-electron chi connectivity index (χ0n) is 17.5. The minimum atomic E-state index is -0.774. The number of hydrogen-bond acceptors (Lipinski definition) is 3. The predicted octanol–water partition coefficient (Wildman–Crippen LogP) is 3.42. The molecule has 2 amide bonds. The molecule has 0 bridgehead atoms. The Balaban J connectivity index is 1.48. The Morgan fingerprint density at radius 2 is 1.90 bits per heavy atom. The Morgan fingerprint density at radius 3 is 2.58 bits per heavy atom. The van der Waals surface area contributed by atoms with Gasteiger partial charge in [0, 0.05) is 29.5 Å². The van der Waals surface area contributed by atoms with E-state index in [1.807, 2.05) is 13.8 Å². The summed E-state index contributed by atoms with van der Waals surface area (Å²) < 4.78 is 13.7. The zero-order chi connectivity index (χ0) is 22.3. The topological polar surface area (TPSA) is 111 Å². The smallest absolute Gasteiger partial charge is 0.306 e. The molecule has 0 saturated heterocycles. The number of fused-ring (bicyclic) bond motifs is 1. The summed E-state index contributed by atoms with van der Waals surface area (Å²) in [7, 11) is 0. The third kappa shape index (κ3) is 4.06. The van der Waals surface area contributed by atoms with Gasteiger partial charge in [0.2, 0.25) is 5.91 Å². The number of benzene rings is 1. The number of aromatic amines is 1. The number of rotatable bonds is 5. The maximum Gasteiger partial charge on any atom is 0.306 e. The molecule has 0 spiro atoms. The minimum Gasteiger partial charge on any atom is -0.481 e. The predicted molar refractivity (Wildman–Crippen MR) is 113 cm³/mol. The van der Waals surface area contributed by atoms with Crippen LogP contribution in [0.5, 0.6) is 0 Å². The molecule has 1 aliphatic carbocycles. The van der Waals surface area contributed by atoms with E-state index < -0.39 is 17.7 Å². The fourth-order valence-corrected chi connectivity index (χ4v) is 4.81. The average molecular weight is 427 g/mol. The lowest BCUT2D eigenvalue weighted by Gasteiger charge is -2.26. The molecule has 1 aromatic carbocycles. The van der Waals surface area contributed by atoms with Crippen molar-refractivity contribution >= 4 is 23.5 Å². The van der Waals surface area contributed by atoms with Crippen LogP contribution < -0.4 is 10.6 Å². The molecule has 8 heteroatoms. The number of aliphatic carboxylic acids is 1. The van der Waals surface area contributed by atoms with Crippen LogP contribution >= 0.6 is 0 Å². The van der Waals surface area contributed by atoms with Crippen LogP contribution in [0.1, 0.15) is 64.5 Å². The SMILES string of the molecule is Cc1[nH]c(CC2C(=O)Nc3ccc(F)cc32)c(C)c1C(=O)NC1CCC(C(=O)O)CC1. The first-order chi connectivity index (χ1) is 14.7. The fraction of sp³-hybridized carbons (Fsp3) is 0.435. The van der Waals surface area contributed by atoms with Crippen LogP contribution in [0.4, 0.5) is 10.1 Å². The standard InChI is InChI=1S/C23H26FN3O4/c1-11-19(10-17-16-9-14(24)5-8-18(16)27-21(17)28)25-12(2)20(11)22(29)26-15-6-3-13(4-7-15)23(30)31/h5,8-9,13,15,17,25H,3-4,6-7,10H2,1-2H3,(H,26,29)(H,27,28)(H,30,31). The van der Waals surface area contributed by atoms with E-state index in [0.29, 0.717) is 54.6 Å². The summed E-state index contributed by atoms with van der Waals surface area (Å²) in [6.07, 6.45) is 2.74. The third-order valence-corrected chi connectivity index (χ3v) is 6.55. The van der Waals surface area contributed by atoms with Gasteiger partial charge in [-0.25, -0.2) is 4.39 Å². The molecule has 4 N–H and O–H groups in total. The number of carbonyl (C=O) groups is 3. The van der Waals surface area contributed by atoms with E-state index in [1.165, 1.54) is 12.1 Å². The number of halogens is 1. The Bertz CT molecular complexity index is 1050. The van der Waals surface area contributed by atoms with Crippen molar-refractivity contribution in [3.05, 3.63) is 52.1 Å². The van der Waals surface area contributed by atoms with E-state index in [4.69, 9.17) is 5.11 Å². The largest absolute Gasteiger partial charge is 0.481 e. The van der Waals surface area contributed by atoms with Gasteiger partial charge in [-0.05, 0) is 68.9 Å². The molecule has 7 nitrogen and oxygen atoms in total. The molecule has 1 aliphatic heterocycles. The summed E-state index contributed by atoms with van der Waals surface area (Å²) in [6.45, 7) is 3.66.